The maximum Gasteiger partial charge on any atom is 0.328 e. The second-order valence-electron chi connectivity index (χ2n) is 3.63. The van der Waals surface area contributed by atoms with Crippen LogP contribution < -0.4 is 16.2 Å². The number of rotatable bonds is 6. The summed E-state index contributed by atoms with van der Waals surface area (Å²) in [5.41, 5.74) is 11.0. The Morgan fingerprint density at radius 2 is 1.94 bits per heavy atom. The van der Waals surface area contributed by atoms with Gasteiger partial charge in [0.1, 0.15) is 11.8 Å². The maximum absolute atomic E-state index is 11.5. The van der Waals surface area contributed by atoms with Crippen molar-refractivity contribution in [3.05, 3.63) is 30.3 Å². The summed E-state index contributed by atoms with van der Waals surface area (Å²) in [6.07, 6.45) is 2.34. The fourth-order valence-corrected chi connectivity index (χ4v) is 1.31. The van der Waals surface area contributed by atoms with Crippen LogP contribution >= 0.6 is 0 Å². The van der Waals surface area contributed by atoms with Crippen molar-refractivity contribution < 1.29 is 9.53 Å². The van der Waals surface area contributed by atoms with Crippen LogP contribution in [0.25, 0.3) is 0 Å². The molecular weight excluding hydrogens is 204 g/mol. The molecule has 0 fully saturated rings. The van der Waals surface area contributed by atoms with Crippen molar-refractivity contribution in [1.29, 1.82) is 0 Å². The molecule has 4 heteroatoms. The summed E-state index contributed by atoms with van der Waals surface area (Å²) < 4.78 is 5.11. The zero-order valence-corrected chi connectivity index (χ0v) is 9.26. The second kappa shape index (κ2) is 6.98. The first kappa shape index (κ1) is 12.7. The Labute approximate surface area is 95.6 Å². The monoisotopic (exact) mass is 222 g/mol. The predicted molar refractivity (Wildman–Crippen MR) is 63.0 cm³/mol. The fourth-order valence-electron chi connectivity index (χ4n) is 1.31. The lowest BCUT2D eigenvalue weighted by molar-refractivity contribution is -0.136. The van der Waals surface area contributed by atoms with Crippen molar-refractivity contribution in [2.75, 3.05) is 6.54 Å². The standard InChI is InChI=1S/C12H18N2O2/c13-9-5-4-8-11(14)12(15)16-10-6-2-1-3-7-10/h1-3,6-7,11H,4-5,8-9,13-14H2. The minimum atomic E-state index is -0.563. The number of esters is 1. The third kappa shape index (κ3) is 4.42. The topological polar surface area (TPSA) is 78.3 Å². The zero-order chi connectivity index (χ0) is 11.8. The lowest BCUT2D eigenvalue weighted by Crippen LogP contribution is -2.34. The van der Waals surface area contributed by atoms with E-state index in [9.17, 15) is 4.79 Å². The SMILES string of the molecule is NCCCCC(N)C(=O)Oc1ccccc1. The van der Waals surface area contributed by atoms with Crippen LogP contribution in [0.5, 0.6) is 5.75 Å². The summed E-state index contributed by atoms with van der Waals surface area (Å²) in [5.74, 6) is 0.144. The normalized spacial score (nSPS) is 12.1. The summed E-state index contributed by atoms with van der Waals surface area (Å²) in [5, 5.41) is 0. The van der Waals surface area contributed by atoms with E-state index in [1.165, 1.54) is 0 Å². The van der Waals surface area contributed by atoms with Crippen LogP contribution in [0.3, 0.4) is 0 Å². The molecule has 0 aliphatic carbocycles. The lowest BCUT2D eigenvalue weighted by Gasteiger charge is -2.10. The quantitative estimate of drug-likeness (QED) is 0.428. The number of benzene rings is 1. The minimum Gasteiger partial charge on any atom is -0.425 e. The summed E-state index contributed by atoms with van der Waals surface area (Å²) in [6.45, 7) is 0.625. The summed E-state index contributed by atoms with van der Waals surface area (Å²) >= 11 is 0. The number of nitrogens with two attached hydrogens (primary N) is 2. The molecule has 0 bridgehead atoms. The van der Waals surface area contributed by atoms with E-state index in [2.05, 4.69) is 0 Å². The third-order valence-corrected chi connectivity index (χ3v) is 2.23. The van der Waals surface area contributed by atoms with Gasteiger partial charge in [-0.05, 0) is 31.5 Å². The predicted octanol–water partition coefficient (Wildman–Crippen LogP) is 1.05. The molecule has 0 amide bonds. The highest BCUT2D eigenvalue weighted by atomic mass is 16.5. The second-order valence-corrected chi connectivity index (χ2v) is 3.63. The molecule has 0 heterocycles. The Hall–Kier alpha value is -1.39. The fraction of sp³-hybridized carbons (Fsp3) is 0.417. The van der Waals surface area contributed by atoms with Crippen LogP contribution in [-0.2, 0) is 4.79 Å². The average molecular weight is 222 g/mol. The van der Waals surface area contributed by atoms with Crippen molar-refractivity contribution >= 4 is 5.97 Å². The van der Waals surface area contributed by atoms with E-state index >= 15 is 0 Å². The van der Waals surface area contributed by atoms with Gasteiger partial charge in [-0.3, -0.25) is 0 Å². The molecule has 1 rings (SSSR count). The first-order chi connectivity index (χ1) is 7.74. The number of carbonyl (C=O) groups excluding carboxylic acids is 1. The van der Waals surface area contributed by atoms with Crippen molar-refractivity contribution in [3.63, 3.8) is 0 Å². The Bertz CT molecular complexity index is 314. The van der Waals surface area contributed by atoms with E-state index in [0.717, 1.165) is 12.8 Å². The van der Waals surface area contributed by atoms with Gasteiger partial charge in [0, 0.05) is 0 Å². The van der Waals surface area contributed by atoms with E-state index in [1.807, 2.05) is 18.2 Å². The highest BCUT2D eigenvalue weighted by Gasteiger charge is 2.14. The molecule has 0 spiro atoms. The number of unbranched alkanes of at least 4 members (excludes halogenated alkanes) is 1. The van der Waals surface area contributed by atoms with Crippen molar-refractivity contribution in [2.45, 2.75) is 25.3 Å². The van der Waals surface area contributed by atoms with Gasteiger partial charge in [0.15, 0.2) is 0 Å². The van der Waals surface area contributed by atoms with Crippen LogP contribution in [0.15, 0.2) is 30.3 Å². The van der Waals surface area contributed by atoms with Crippen LogP contribution in [0.4, 0.5) is 0 Å². The van der Waals surface area contributed by atoms with Gasteiger partial charge in [-0.1, -0.05) is 24.6 Å². The molecule has 4 nitrogen and oxygen atoms in total. The smallest absolute Gasteiger partial charge is 0.328 e. The molecule has 0 radical (unpaired) electrons. The summed E-state index contributed by atoms with van der Waals surface area (Å²) in [6, 6.07) is 8.37. The van der Waals surface area contributed by atoms with Gasteiger partial charge in [-0.15, -0.1) is 0 Å². The molecule has 1 aromatic rings. The van der Waals surface area contributed by atoms with Crippen molar-refractivity contribution in [1.82, 2.24) is 0 Å². The number of carbonyl (C=O) groups is 1. The highest BCUT2D eigenvalue weighted by Crippen LogP contribution is 2.10. The molecule has 1 aromatic carbocycles. The number of hydrogen-bond acceptors (Lipinski definition) is 4. The van der Waals surface area contributed by atoms with E-state index in [1.54, 1.807) is 12.1 Å². The van der Waals surface area contributed by atoms with Gasteiger partial charge in [-0.25, -0.2) is 4.79 Å². The number of ether oxygens (including phenoxy) is 1. The Morgan fingerprint density at radius 1 is 1.25 bits per heavy atom. The first-order valence-corrected chi connectivity index (χ1v) is 5.46. The third-order valence-electron chi connectivity index (χ3n) is 2.23. The van der Waals surface area contributed by atoms with Gasteiger partial charge < -0.3 is 16.2 Å². The summed E-state index contributed by atoms with van der Waals surface area (Å²) in [4.78, 5) is 11.5. The molecule has 0 aliphatic rings. The van der Waals surface area contributed by atoms with Crippen LogP contribution in [0.2, 0.25) is 0 Å². The molecule has 16 heavy (non-hydrogen) atoms. The molecule has 88 valence electrons. The van der Waals surface area contributed by atoms with E-state index in [4.69, 9.17) is 16.2 Å². The molecule has 1 unspecified atom stereocenters. The average Bonchev–Trinajstić information content (AvgIpc) is 2.30. The maximum atomic E-state index is 11.5. The minimum absolute atomic E-state index is 0.386. The lowest BCUT2D eigenvalue weighted by atomic mass is 10.1. The molecule has 4 N–H and O–H groups in total. The van der Waals surface area contributed by atoms with Gasteiger partial charge >= 0.3 is 5.97 Å². The number of hydrogen-bond donors (Lipinski definition) is 2. The molecule has 0 aromatic heterocycles. The van der Waals surface area contributed by atoms with Crippen molar-refractivity contribution in [2.24, 2.45) is 11.5 Å². The van der Waals surface area contributed by atoms with Crippen LogP contribution in [0.1, 0.15) is 19.3 Å². The molecule has 0 saturated heterocycles. The molecule has 0 aliphatic heterocycles. The van der Waals surface area contributed by atoms with E-state index in [0.29, 0.717) is 18.7 Å². The van der Waals surface area contributed by atoms with Crippen LogP contribution in [-0.4, -0.2) is 18.6 Å². The van der Waals surface area contributed by atoms with E-state index in [-0.39, 0.29) is 5.97 Å². The van der Waals surface area contributed by atoms with E-state index < -0.39 is 6.04 Å². The molecular formula is C12H18N2O2. The Balaban J connectivity index is 2.34. The number of para-hydroxylation sites is 1. The van der Waals surface area contributed by atoms with Gasteiger partial charge in [0.05, 0.1) is 0 Å². The molecule has 0 saturated carbocycles. The van der Waals surface area contributed by atoms with Gasteiger partial charge in [-0.2, -0.15) is 0 Å². The van der Waals surface area contributed by atoms with Crippen LogP contribution in [0, 0.1) is 0 Å². The summed E-state index contributed by atoms with van der Waals surface area (Å²) in [7, 11) is 0. The van der Waals surface area contributed by atoms with Crippen molar-refractivity contribution in [3.8, 4) is 5.75 Å². The zero-order valence-electron chi connectivity index (χ0n) is 9.26. The van der Waals surface area contributed by atoms with Gasteiger partial charge in [0.2, 0.25) is 0 Å². The Kier molecular flexibility index (Phi) is 5.53. The Morgan fingerprint density at radius 3 is 2.56 bits per heavy atom. The largest absolute Gasteiger partial charge is 0.425 e. The first-order valence-electron chi connectivity index (χ1n) is 5.46. The molecule has 1 atom stereocenters. The highest BCUT2D eigenvalue weighted by molar-refractivity contribution is 5.77. The van der Waals surface area contributed by atoms with Gasteiger partial charge in [0.25, 0.3) is 0 Å².